The van der Waals surface area contributed by atoms with Crippen LogP contribution < -0.4 is 5.43 Å². The molecule has 0 atom stereocenters. The standard InChI is InChI=1S/C19H17N5O4/c1-13-3-2-4-14(9-13)12-23-8-7-17(22-23)19(26)21-20-11-15-10-16(24(27)28)5-6-18(15)25/h2-11,25H,12H2,1H3,(H,21,26)/b20-11+. The SMILES string of the molecule is Cc1cccc(Cn2ccc(C(=O)N/N=C/c3cc([N+](=O)[O-])ccc3O)n2)c1. The smallest absolute Gasteiger partial charge is 0.291 e. The lowest BCUT2D eigenvalue weighted by atomic mass is 10.1. The van der Waals surface area contributed by atoms with Crippen LogP contribution in [-0.4, -0.2) is 31.9 Å². The fourth-order valence-corrected chi connectivity index (χ4v) is 2.55. The number of aromatic hydroxyl groups is 1. The van der Waals surface area contributed by atoms with Crippen molar-refractivity contribution in [3.63, 3.8) is 0 Å². The minimum absolute atomic E-state index is 0.111. The van der Waals surface area contributed by atoms with Crippen molar-refractivity contribution in [2.75, 3.05) is 0 Å². The number of phenols is 1. The number of nitrogens with one attached hydrogen (secondary N) is 1. The van der Waals surface area contributed by atoms with Gasteiger partial charge in [-0.15, -0.1) is 0 Å². The second-order valence-electron chi connectivity index (χ2n) is 6.09. The summed E-state index contributed by atoms with van der Waals surface area (Å²) in [5.41, 5.74) is 4.58. The Bertz CT molecular complexity index is 1060. The number of aromatic nitrogens is 2. The summed E-state index contributed by atoms with van der Waals surface area (Å²) in [5.74, 6) is -0.727. The molecule has 1 amide bonds. The van der Waals surface area contributed by atoms with Crippen LogP contribution in [0, 0.1) is 17.0 Å². The molecule has 2 aromatic carbocycles. The molecule has 1 heterocycles. The summed E-state index contributed by atoms with van der Waals surface area (Å²) in [4.78, 5) is 22.3. The Kier molecular flexibility index (Phi) is 5.45. The summed E-state index contributed by atoms with van der Waals surface area (Å²) in [6, 6.07) is 13.1. The number of hydrazone groups is 1. The molecule has 0 saturated heterocycles. The molecule has 3 aromatic rings. The average Bonchev–Trinajstić information content (AvgIpc) is 3.11. The van der Waals surface area contributed by atoms with Crippen LogP contribution >= 0.6 is 0 Å². The number of amides is 1. The van der Waals surface area contributed by atoms with Crippen molar-refractivity contribution in [1.29, 1.82) is 0 Å². The Labute approximate surface area is 160 Å². The highest BCUT2D eigenvalue weighted by Crippen LogP contribution is 2.21. The van der Waals surface area contributed by atoms with E-state index in [1.165, 1.54) is 12.1 Å². The highest BCUT2D eigenvalue weighted by Gasteiger charge is 2.11. The molecule has 0 bridgehead atoms. The van der Waals surface area contributed by atoms with Gasteiger partial charge in [0, 0.05) is 23.9 Å². The van der Waals surface area contributed by atoms with E-state index >= 15 is 0 Å². The summed E-state index contributed by atoms with van der Waals surface area (Å²) in [5, 5.41) is 28.4. The van der Waals surface area contributed by atoms with Crippen molar-refractivity contribution in [3.8, 4) is 5.75 Å². The summed E-state index contributed by atoms with van der Waals surface area (Å²) in [6.45, 7) is 2.53. The molecule has 9 nitrogen and oxygen atoms in total. The molecular formula is C19H17N5O4. The minimum Gasteiger partial charge on any atom is -0.507 e. The number of carbonyl (C=O) groups is 1. The number of benzene rings is 2. The van der Waals surface area contributed by atoms with Crippen molar-refractivity contribution < 1.29 is 14.8 Å². The topological polar surface area (TPSA) is 123 Å². The number of hydrogen-bond donors (Lipinski definition) is 2. The van der Waals surface area contributed by atoms with Gasteiger partial charge >= 0.3 is 0 Å². The zero-order valence-electron chi connectivity index (χ0n) is 14.9. The molecule has 3 rings (SSSR count). The van der Waals surface area contributed by atoms with Crippen LogP contribution in [-0.2, 0) is 6.54 Å². The molecule has 1 aromatic heterocycles. The molecule has 28 heavy (non-hydrogen) atoms. The first-order chi connectivity index (χ1) is 13.4. The van der Waals surface area contributed by atoms with E-state index in [0.717, 1.165) is 23.4 Å². The second kappa shape index (κ2) is 8.12. The summed E-state index contributed by atoms with van der Waals surface area (Å²) in [6.07, 6.45) is 2.82. The molecule has 0 radical (unpaired) electrons. The first-order valence-corrected chi connectivity index (χ1v) is 8.32. The van der Waals surface area contributed by atoms with Crippen molar-refractivity contribution in [1.82, 2.24) is 15.2 Å². The number of rotatable bonds is 6. The lowest BCUT2D eigenvalue weighted by Crippen LogP contribution is -2.18. The van der Waals surface area contributed by atoms with Crippen molar-refractivity contribution >= 4 is 17.8 Å². The predicted molar refractivity (Wildman–Crippen MR) is 102 cm³/mol. The van der Waals surface area contributed by atoms with Gasteiger partial charge < -0.3 is 5.11 Å². The first kappa shape index (κ1) is 18.8. The molecule has 0 fully saturated rings. The van der Waals surface area contributed by atoms with Crippen LogP contribution in [0.15, 0.2) is 59.8 Å². The molecular weight excluding hydrogens is 362 g/mol. The first-order valence-electron chi connectivity index (χ1n) is 8.32. The molecule has 0 unspecified atom stereocenters. The Morgan fingerprint density at radius 3 is 2.89 bits per heavy atom. The number of nitrogens with zero attached hydrogens (tertiary/aromatic N) is 4. The molecule has 0 aliphatic carbocycles. The van der Waals surface area contributed by atoms with E-state index in [0.29, 0.717) is 6.54 Å². The highest BCUT2D eigenvalue weighted by atomic mass is 16.6. The van der Waals surface area contributed by atoms with Gasteiger partial charge in [-0.05, 0) is 24.6 Å². The van der Waals surface area contributed by atoms with E-state index in [9.17, 15) is 20.0 Å². The number of aryl methyl sites for hydroxylation is 1. The maximum Gasteiger partial charge on any atom is 0.291 e. The largest absolute Gasteiger partial charge is 0.507 e. The van der Waals surface area contributed by atoms with Gasteiger partial charge in [-0.2, -0.15) is 10.2 Å². The molecule has 0 aliphatic heterocycles. The molecule has 2 N–H and O–H groups in total. The van der Waals surface area contributed by atoms with Gasteiger partial charge in [0.25, 0.3) is 11.6 Å². The Balaban J connectivity index is 1.64. The average molecular weight is 379 g/mol. The lowest BCUT2D eigenvalue weighted by molar-refractivity contribution is -0.384. The summed E-state index contributed by atoms with van der Waals surface area (Å²) in [7, 11) is 0. The van der Waals surface area contributed by atoms with Crippen molar-refractivity contribution in [2.24, 2.45) is 5.10 Å². The minimum atomic E-state index is -0.587. The van der Waals surface area contributed by atoms with E-state index < -0.39 is 10.8 Å². The van der Waals surface area contributed by atoms with E-state index in [1.54, 1.807) is 16.9 Å². The maximum absolute atomic E-state index is 12.1. The lowest BCUT2D eigenvalue weighted by Gasteiger charge is -2.03. The van der Waals surface area contributed by atoms with Gasteiger partial charge in [0.15, 0.2) is 5.69 Å². The summed E-state index contributed by atoms with van der Waals surface area (Å²) < 4.78 is 1.64. The molecule has 9 heteroatoms. The van der Waals surface area contributed by atoms with Gasteiger partial charge in [-0.3, -0.25) is 19.6 Å². The predicted octanol–water partition coefficient (Wildman–Crippen LogP) is 2.62. The van der Waals surface area contributed by atoms with E-state index in [2.05, 4.69) is 15.6 Å². The quantitative estimate of drug-likeness (QED) is 0.387. The van der Waals surface area contributed by atoms with Crippen LogP contribution in [0.3, 0.4) is 0 Å². The number of nitro benzene ring substituents is 1. The zero-order chi connectivity index (χ0) is 20.1. The number of nitro groups is 1. The fraction of sp³-hybridized carbons (Fsp3) is 0.105. The van der Waals surface area contributed by atoms with Crippen molar-refractivity contribution in [3.05, 3.63) is 87.2 Å². The fourth-order valence-electron chi connectivity index (χ4n) is 2.55. The van der Waals surface area contributed by atoms with E-state index in [1.807, 2.05) is 31.2 Å². The Hall–Kier alpha value is -4.01. The third-order valence-corrected chi connectivity index (χ3v) is 3.89. The van der Waals surface area contributed by atoms with Gasteiger partial charge in [-0.25, -0.2) is 5.43 Å². The number of non-ortho nitro benzene ring substituents is 1. The van der Waals surface area contributed by atoms with Crippen LogP contribution in [0.5, 0.6) is 5.75 Å². The number of phenolic OH excluding ortho intramolecular Hbond substituents is 1. The van der Waals surface area contributed by atoms with E-state index in [4.69, 9.17) is 0 Å². The van der Waals surface area contributed by atoms with Crippen LogP contribution in [0.1, 0.15) is 27.2 Å². The Morgan fingerprint density at radius 1 is 1.32 bits per heavy atom. The van der Waals surface area contributed by atoms with E-state index in [-0.39, 0.29) is 22.7 Å². The summed E-state index contributed by atoms with van der Waals surface area (Å²) >= 11 is 0. The number of carbonyl (C=O) groups excluding carboxylic acids is 1. The molecule has 0 saturated carbocycles. The van der Waals surface area contributed by atoms with Gasteiger partial charge in [0.1, 0.15) is 5.75 Å². The normalized spacial score (nSPS) is 10.9. The van der Waals surface area contributed by atoms with Crippen LogP contribution in [0.25, 0.3) is 0 Å². The monoisotopic (exact) mass is 379 g/mol. The Morgan fingerprint density at radius 2 is 2.14 bits per heavy atom. The molecule has 0 aliphatic rings. The van der Waals surface area contributed by atoms with Gasteiger partial charge in [0.05, 0.1) is 17.7 Å². The molecule has 0 spiro atoms. The second-order valence-corrected chi connectivity index (χ2v) is 6.09. The zero-order valence-corrected chi connectivity index (χ0v) is 14.9. The van der Waals surface area contributed by atoms with Crippen LogP contribution in [0.2, 0.25) is 0 Å². The van der Waals surface area contributed by atoms with Gasteiger partial charge in [-0.1, -0.05) is 29.8 Å². The van der Waals surface area contributed by atoms with Crippen LogP contribution in [0.4, 0.5) is 5.69 Å². The van der Waals surface area contributed by atoms with Crippen molar-refractivity contribution in [2.45, 2.75) is 13.5 Å². The third-order valence-electron chi connectivity index (χ3n) is 3.89. The third kappa shape index (κ3) is 4.58. The highest BCUT2D eigenvalue weighted by molar-refractivity contribution is 5.93. The molecule has 142 valence electrons. The number of hydrogen-bond acceptors (Lipinski definition) is 6. The maximum atomic E-state index is 12.1. The van der Waals surface area contributed by atoms with Gasteiger partial charge in [0.2, 0.25) is 0 Å².